The van der Waals surface area contributed by atoms with E-state index in [0.29, 0.717) is 5.82 Å². The van der Waals surface area contributed by atoms with Crippen molar-refractivity contribution in [1.29, 1.82) is 0 Å². The highest BCUT2D eigenvalue weighted by Gasteiger charge is 2.15. The molecule has 0 fully saturated rings. The molecule has 1 N–H and O–H groups in total. The van der Waals surface area contributed by atoms with Crippen LogP contribution in [0.2, 0.25) is 0 Å². The molecule has 0 spiro atoms. The fraction of sp³-hybridized carbons (Fsp3) is 0.300. The van der Waals surface area contributed by atoms with Crippen LogP contribution in [0.25, 0.3) is 11.4 Å². The Kier molecular flexibility index (Phi) is 2.91. The van der Waals surface area contributed by atoms with Gasteiger partial charge < -0.3 is 9.84 Å². The fourth-order valence-corrected chi connectivity index (χ4v) is 1.85. The first-order valence-corrected chi connectivity index (χ1v) is 5.56. The molecule has 0 radical (unpaired) electrons. The molecule has 0 unspecified atom stereocenters. The molecule has 0 bridgehead atoms. The second-order valence-corrected chi connectivity index (χ2v) is 4.19. The second kappa shape index (κ2) is 4.21. The molecule has 0 aliphatic heterocycles. The highest BCUT2D eigenvalue weighted by atomic mass is 79.9. The number of rotatable bonds is 2. The summed E-state index contributed by atoms with van der Waals surface area (Å²) >= 11 is 3.36. The van der Waals surface area contributed by atoms with E-state index in [4.69, 9.17) is 4.52 Å². The Morgan fingerprint density at radius 2 is 2.12 bits per heavy atom. The maximum absolute atomic E-state index is 5.09. The average Bonchev–Trinajstić information content (AvgIpc) is 2.60. The maximum Gasteiger partial charge on any atom is 0.167 e. The van der Waals surface area contributed by atoms with Crippen molar-refractivity contribution in [1.82, 2.24) is 15.1 Å². The fourth-order valence-electron chi connectivity index (χ4n) is 1.47. The second-order valence-electron chi connectivity index (χ2n) is 3.34. The van der Waals surface area contributed by atoms with Crippen molar-refractivity contribution < 1.29 is 4.52 Å². The summed E-state index contributed by atoms with van der Waals surface area (Å²) in [7, 11) is 1.81. The highest BCUT2D eigenvalue weighted by molar-refractivity contribution is 9.10. The summed E-state index contributed by atoms with van der Waals surface area (Å²) in [6, 6.07) is 0. The molecule has 5 nitrogen and oxygen atoms in total. The number of aromatic nitrogens is 3. The molecular weight excluding hydrogens is 272 g/mol. The molecule has 0 aliphatic carbocycles. The summed E-state index contributed by atoms with van der Waals surface area (Å²) in [6.07, 6.45) is 1.71. The number of hydrogen-bond acceptors (Lipinski definition) is 5. The third-order valence-electron chi connectivity index (χ3n) is 2.24. The highest BCUT2D eigenvalue weighted by Crippen LogP contribution is 2.26. The molecule has 0 atom stereocenters. The van der Waals surface area contributed by atoms with Crippen LogP contribution in [0.15, 0.2) is 15.2 Å². The van der Waals surface area contributed by atoms with E-state index in [9.17, 15) is 0 Å². The van der Waals surface area contributed by atoms with Gasteiger partial charge in [0.25, 0.3) is 0 Å². The van der Waals surface area contributed by atoms with E-state index < -0.39 is 0 Å². The van der Waals surface area contributed by atoms with E-state index >= 15 is 0 Å². The largest absolute Gasteiger partial charge is 0.372 e. The van der Waals surface area contributed by atoms with Gasteiger partial charge in [0, 0.05) is 13.2 Å². The van der Waals surface area contributed by atoms with Gasteiger partial charge in [-0.3, -0.25) is 0 Å². The van der Waals surface area contributed by atoms with Crippen molar-refractivity contribution in [2.75, 3.05) is 12.4 Å². The Hall–Kier alpha value is -1.43. The van der Waals surface area contributed by atoms with Crippen LogP contribution in [0.1, 0.15) is 11.5 Å². The van der Waals surface area contributed by atoms with E-state index in [1.165, 1.54) is 0 Å². The zero-order valence-electron chi connectivity index (χ0n) is 9.21. The Labute approximate surface area is 101 Å². The first kappa shape index (κ1) is 11.1. The lowest BCUT2D eigenvalue weighted by Gasteiger charge is -2.04. The quantitative estimate of drug-likeness (QED) is 0.917. The van der Waals surface area contributed by atoms with Gasteiger partial charge in [-0.15, -0.1) is 0 Å². The summed E-state index contributed by atoms with van der Waals surface area (Å²) < 4.78 is 5.92. The van der Waals surface area contributed by atoms with Crippen LogP contribution in [-0.2, 0) is 0 Å². The molecule has 0 aromatic carbocycles. The SMILES string of the molecule is CNc1nc(-c2c(C)noc2C)ncc1Br. The van der Waals surface area contributed by atoms with E-state index in [1.54, 1.807) is 6.20 Å². The van der Waals surface area contributed by atoms with Gasteiger partial charge in [-0.25, -0.2) is 9.97 Å². The summed E-state index contributed by atoms with van der Waals surface area (Å²) in [6.45, 7) is 3.72. The molecule has 2 aromatic rings. The van der Waals surface area contributed by atoms with Gasteiger partial charge in [0.15, 0.2) is 5.82 Å². The number of hydrogen-bond donors (Lipinski definition) is 1. The summed E-state index contributed by atoms with van der Waals surface area (Å²) in [5, 5.41) is 6.87. The zero-order valence-corrected chi connectivity index (χ0v) is 10.8. The molecule has 2 aromatic heterocycles. The smallest absolute Gasteiger partial charge is 0.167 e. The molecule has 0 amide bonds. The molecule has 2 heterocycles. The molecule has 0 saturated carbocycles. The van der Waals surface area contributed by atoms with Crippen LogP contribution >= 0.6 is 15.9 Å². The van der Waals surface area contributed by atoms with Crippen molar-refractivity contribution in [2.45, 2.75) is 13.8 Å². The summed E-state index contributed by atoms with van der Waals surface area (Å²) in [5.41, 5.74) is 1.64. The van der Waals surface area contributed by atoms with Crippen molar-refractivity contribution in [2.24, 2.45) is 0 Å². The van der Waals surface area contributed by atoms with E-state index in [0.717, 1.165) is 27.3 Å². The monoisotopic (exact) mass is 282 g/mol. The topological polar surface area (TPSA) is 63.8 Å². The van der Waals surface area contributed by atoms with Crippen molar-refractivity contribution >= 4 is 21.7 Å². The molecule has 2 rings (SSSR count). The zero-order chi connectivity index (χ0) is 11.7. The normalized spacial score (nSPS) is 10.5. The standard InChI is InChI=1S/C10H11BrN4O/c1-5-8(6(2)16-15-5)10-13-4-7(11)9(12-3)14-10/h4H,1-3H3,(H,12,13,14). The van der Waals surface area contributed by atoms with Crippen LogP contribution in [0.4, 0.5) is 5.82 Å². The Morgan fingerprint density at radius 1 is 1.38 bits per heavy atom. The molecule has 0 saturated heterocycles. The minimum Gasteiger partial charge on any atom is -0.372 e. The van der Waals surface area contributed by atoms with Crippen molar-refractivity contribution in [3.63, 3.8) is 0 Å². The average molecular weight is 283 g/mol. The van der Waals surface area contributed by atoms with Gasteiger partial charge >= 0.3 is 0 Å². The van der Waals surface area contributed by atoms with Crippen LogP contribution in [-0.4, -0.2) is 22.2 Å². The number of aryl methyl sites for hydroxylation is 2. The molecule has 6 heteroatoms. The lowest BCUT2D eigenvalue weighted by molar-refractivity contribution is 0.393. The third-order valence-corrected chi connectivity index (χ3v) is 2.82. The minimum atomic E-state index is 0.615. The van der Waals surface area contributed by atoms with Crippen LogP contribution in [0.5, 0.6) is 0 Å². The van der Waals surface area contributed by atoms with Crippen molar-refractivity contribution in [3.05, 3.63) is 22.1 Å². The maximum atomic E-state index is 5.09. The van der Waals surface area contributed by atoms with Crippen LogP contribution < -0.4 is 5.32 Å². The van der Waals surface area contributed by atoms with E-state index in [-0.39, 0.29) is 0 Å². The number of anilines is 1. The van der Waals surface area contributed by atoms with Gasteiger partial charge in [-0.1, -0.05) is 5.16 Å². The predicted octanol–water partition coefficient (Wildman–Crippen LogP) is 2.55. The summed E-state index contributed by atoms with van der Waals surface area (Å²) in [5.74, 6) is 2.08. The minimum absolute atomic E-state index is 0.615. The van der Waals surface area contributed by atoms with Crippen molar-refractivity contribution in [3.8, 4) is 11.4 Å². The Morgan fingerprint density at radius 3 is 2.69 bits per heavy atom. The molecule has 0 aliphatic rings. The first-order chi connectivity index (χ1) is 7.63. The van der Waals surface area contributed by atoms with Gasteiger partial charge in [0.1, 0.15) is 11.6 Å². The van der Waals surface area contributed by atoms with Crippen LogP contribution in [0.3, 0.4) is 0 Å². The first-order valence-electron chi connectivity index (χ1n) is 4.77. The Bertz CT molecular complexity index is 504. The molecule has 16 heavy (non-hydrogen) atoms. The number of nitrogens with zero attached hydrogens (tertiary/aromatic N) is 3. The van der Waals surface area contributed by atoms with Gasteiger partial charge in [0.2, 0.25) is 0 Å². The van der Waals surface area contributed by atoms with Gasteiger partial charge in [-0.2, -0.15) is 0 Å². The van der Waals surface area contributed by atoms with E-state index in [2.05, 4.69) is 36.4 Å². The van der Waals surface area contributed by atoms with Gasteiger partial charge in [0.05, 0.1) is 15.7 Å². The lowest BCUT2D eigenvalue weighted by atomic mass is 10.2. The number of halogens is 1. The van der Waals surface area contributed by atoms with Crippen LogP contribution in [0, 0.1) is 13.8 Å². The molecule has 84 valence electrons. The lowest BCUT2D eigenvalue weighted by Crippen LogP contribution is -1.98. The summed E-state index contributed by atoms with van der Waals surface area (Å²) in [4.78, 5) is 8.64. The predicted molar refractivity (Wildman–Crippen MR) is 64.2 cm³/mol. The van der Waals surface area contributed by atoms with Gasteiger partial charge in [-0.05, 0) is 29.8 Å². The third kappa shape index (κ3) is 1.80. The number of nitrogens with one attached hydrogen (secondary N) is 1. The Balaban J connectivity index is 2.57. The van der Waals surface area contributed by atoms with E-state index in [1.807, 2.05) is 20.9 Å². The molecular formula is C10H11BrN4O.